The van der Waals surface area contributed by atoms with E-state index in [-0.39, 0.29) is 0 Å². The van der Waals surface area contributed by atoms with E-state index in [2.05, 4.69) is 9.44 Å². The van der Waals surface area contributed by atoms with Crippen molar-refractivity contribution in [3.8, 4) is 0 Å². The molecule has 0 aliphatic heterocycles. The van der Waals surface area contributed by atoms with E-state index in [9.17, 15) is 16.8 Å². The number of hydrogen-bond donors (Lipinski definition) is 2. The van der Waals surface area contributed by atoms with Crippen LogP contribution in [-0.2, 0) is 20.0 Å². The van der Waals surface area contributed by atoms with Gasteiger partial charge in [-0.05, 0) is 0 Å². The van der Waals surface area contributed by atoms with Crippen LogP contribution in [0.25, 0.3) is 0 Å². The molecule has 0 heterocycles. The SMILES string of the molecule is CS(=O)(=O)NCCSCCNS(C)(=O)=O. The number of sulfonamides is 2. The van der Waals surface area contributed by atoms with Crippen LogP contribution in [0.15, 0.2) is 0 Å². The number of nitrogens with one attached hydrogen (secondary N) is 2. The summed E-state index contributed by atoms with van der Waals surface area (Å²) in [5.41, 5.74) is 0. The van der Waals surface area contributed by atoms with Crippen LogP contribution in [0.4, 0.5) is 0 Å². The van der Waals surface area contributed by atoms with Crippen LogP contribution < -0.4 is 9.44 Å². The van der Waals surface area contributed by atoms with Crippen molar-refractivity contribution >= 4 is 31.8 Å². The largest absolute Gasteiger partial charge is 0.215 e. The highest BCUT2D eigenvalue weighted by Gasteiger charge is 2.00. The highest BCUT2D eigenvalue weighted by Crippen LogP contribution is 1.96. The lowest BCUT2D eigenvalue weighted by atomic mass is 10.8. The van der Waals surface area contributed by atoms with Gasteiger partial charge in [0.2, 0.25) is 20.0 Å². The van der Waals surface area contributed by atoms with E-state index in [4.69, 9.17) is 0 Å². The fraction of sp³-hybridized carbons (Fsp3) is 1.00. The van der Waals surface area contributed by atoms with Crippen LogP contribution in [0.1, 0.15) is 0 Å². The number of thioether (sulfide) groups is 1. The molecule has 0 fully saturated rings. The van der Waals surface area contributed by atoms with Crippen molar-refractivity contribution in [1.29, 1.82) is 0 Å². The summed E-state index contributed by atoms with van der Waals surface area (Å²) in [5.74, 6) is 1.25. The summed E-state index contributed by atoms with van der Waals surface area (Å²) in [5, 5.41) is 0. The van der Waals surface area contributed by atoms with Gasteiger partial charge in [-0.2, -0.15) is 11.8 Å². The predicted octanol–water partition coefficient (Wildman–Crippen LogP) is -1.18. The summed E-state index contributed by atoms with van der Waals surface area (Å²) >= 11 is 1.48. The summed E-state index contributed by atoms with van der Waals surface area (Å²) < 4.78 is 47.2. The summed E-state index contributed by atoms with van der Waals surface area (Å²) in [6.07, 6.45) is 2.20. The maximum Gasteiger partial charge on any atom is 0.208 e. The molecule has 0 amide bonds. The topological polar surface area (TPSA) is 92.3 Å². The Kier molecular flexibility index (Phi) is 6.76. The second-order valence-corrected chi connectivity index (χ2v) is 7.84. The van der Waals surface area contributed by atoms with Crippen LogP contribution in [0, 0.1) is 0 Å². The first-order chi connectivity index (χ1) is 6.71. The third kappa shape index (κ3) is 14.2. The quantitative estimate of drug-likeness (QED) is 0.544. The molecule has 0 aromatic heterocycles. The monoisotopic (exact) mass is 276 g/mol. The van der Waals surface area contributed by atoms with E-state index < -0.39 is 20.0 Å². The third-order valence-corrected chi connectivity index (χ3v) is 3.66. The zero-order valence-corrected chi connectivity index (χ0v) is 11.1. The molecule has 0 aliphatic carbocycles. The molecule has 0 bridgehead atoms. The number of rotatable bonds is 8. The van der Waals surface area contributed by atoms with Gasteiger partial charge in [0.25, 0.3) is 0 Å². The van der Waals surface area contributed by atoms with Crippen LogP contribution in [0.5, 0.6) is 0 Å². The summed E-state index contributed by atoms with van der Waals surface area (Å²) in [7, 11) is -6.23. The van der Waals surface area contributed by atoms with E-state index in [1.54, 1.807) is 0 Å². The van der Waals surface area contributed by atoms with E-state index in [0.29, 0.717) is 24.6 Å². The number of hydrogen-bond acceptors (Lipinski definition) is 5. The van der Waals surface area contributed by atoms with Gasteiger partial charge in [-0.15, -0.1) is 0 Å². The predicted molar refractivity (Wildman–Crippen MR) is 63.0 cm³/mol. The Morgan fingerprint density at radius 3 is 1.47 bits per heavy atom. The van der Waals surface area contributed by atoms with Gasteiger partial charge >= 0.3 is 0 Å². The average Bonchev–Trinajstić information content (AvgIpc) is 1.98. The minimum atomic E-state index is -3.11. The molecule has 0 spiro atoms. The molecule has 0 aromatic rings. The van der Waals surface area contributed by atoms with Gasteiger partial charge in [0, 0.05) is 24.6 Å². The lowest BCUT2D eigenvalue weighted by Gasteiger charge is -2.03. The Morgan fingerprint density at radius 2 is 1.20 bits per heavy atom. The standard InChI is InChI=1S/C6H16N2O4S3/c1-14(9,10)7-3-5-13-6-4-8-15(2,11)12/h7-8H,3-6H2,1-2H3. The van der Waals surface area contributed by atoms with Crippen molar-refractivity contribution in [2.24, 2.45) is 0 Å². The van der Waals surface area contributed by atoms with E-state index in [1.807, 2.05) is 0 Å². The summed E-state index contributed by atoms with van der Waals surface area (Å²) in [4.78, 5) is 0. The molecule has 0 aliphatic rings. The molecular formula is C6H16N2O4S3. The van der Waals surface area contributed by atoms with E-state index in [0.717, 1.165) is 12.5 Å². The molecule has 0 radical (unpaired) electrons. The lowest BCUT2D eigenvalue weighted by molar-refractivity contribution is 0.589. The fourth-order valence-electron chi connectivity index (χ4n) is 0.701. The van der Waals surface area contributed by atoms with Crippen LogP contribution >= 0.6 is 11.8 Å². The van der Waals surface area contributed by atoms with Crippen LogP contribution in [0.3, 0.4) is 0 Å². The van der Waals surface area contributed by atoms with Gasteiger partial charge in [0.1, 0.15) is 0 Å². The van der Waals surface area contributed by atoms with Crippen molar-refractivity contribution in [3.05, 3.63) is 0 Å². The minimum absolute atomic E-state index is 0.363. The Labute approximate surface area is 95.3 Å². The Bertz CT molecular complexity index is 326. The van der Waals surface area contributed by atoms with Crippen molar-refractivity contribution in [2.45, 2.75) is 0 Å². The van der Waals surface area contributed by atoms with Gasteiger partial charge in [-0.3, -0.25) is 0 Å². The van der Waals surface area contributed by atoms with Gasteiger partial charge in [0.15, 0.2) is 0 Å². The molecule has 0 aromatic carbocycles. The fourth-order valence-corrected chi connectivity index (χ4v) is 2.60. The second kappa shape index (κ2) is 6.69. The first kappa shape index (κ1) is 15.2. The molecule has 92 valence electrons. The van der Waals surface area contributed by atoms with Crippen molar-refractivity contribution in [3.63, 3.8) is 0 Å². The van der Waals surface area contributed by atoms with Crippen molar-refractivity contribution < 1.29 is 16.8 Å². The van der Waals surface area contributed by atoms with Crippen LogP contribution in [0.2, 0.25) is 0 Å². The zero-order valence-electron chi connectivity index (χ0n) is 8.69. The highest BCUT2D eigenvalue weighted by molar-refractivity contribution is 7.99. The molecule has 6 nitrogen and oxygen atoms in total. The molecule has 0 saturated carbocycles. The molecule has 0 rings (SSSR count). The van der Waals surface area contributed by atoms with Crippen molar-refractivity contribution in [1.82, 2.24) is 9.44 Å². The average molecular weight is 276 g/mol. The Hall–Kier alpha value is 0.170. The summed E-state index contributed by atoms with van der Waals surface area (Å²) in [6.45, 7) is 0.727. The minimum Gasteiger partial charge on any atom is -0.215 e. The first-order valence-electron chi connectivity index (χ1n) is 4.18. The van der Waals surface area contributed by atoms with Gasteiger partial charge in [-0.1, -0.05) is 0 Å². The van der Waals surface area contributed by atoms with Gasteiger partial charge in [-0.25, -0.2) is 26.3 Å². The van der Waals surface area contributed by atoms with Crippen LogP contribution in [-0.4, -0.2) is 53.9 Å². The zero-order chi connectivity index (χ0) is 11.9. The van der Waals surface area contributed by atoms with Gasteiger partial charge < -0.3 is 0 Å². The van der Waals surface area contributed by atoms with Crippen molar-refractivity contribution in [2.75, 3.05) is 37.1 Å². The Morgan fingerprint density at radius 1 is 0.867 bits per heavy atom. The van der Waals surface area contributed by atoms with Gasteiger partial charge in [0.05, 0.1) is 12.5 Å². The smallest absolute Gasteiger partial charge is 0.208 e. The molecule has 0 saturated heterocycles. The van der Waals surface area contributed by atoms with E-state index >= 15 is 0 Å². The molecule has 0 atom stereocenters. The third-order valence-electron chi connectivity index (χ3n) is 1.22. The first-order valence-corrected chi connectivity index (χ1v) is 9.11. The summed E-state index contributed by atoms with van der Waals surface area (Å²) in [6, 6.07) is 0. The van der Waals surface area contributed by atoms with E-state index in [1.165, 1.54) is 11.8 Å². The maximum atomic E-state index is 10.6. The molecule has 2 N–H and O–H groups in total. The maximum absolute atomic E-state index is 10.6. The molecule has 0 unspecified atom stereocenters. The lowest BCUT2D eigenvalue weighted by Crippen LogP contribution is -2.26. The molecule has 9 heteroatoms. The highest BCUT2D eigenvalue weighted by atomic mass is 32.2. The molecular weight excluding hydrogens is 260 g/mol. The normalized spacial score (nSPS) is 12.9. The molecule has 15 heavy (non-hydrogen) atoms. The Balaban J connectivity index is 3.34. The second-order valence-electron chi connectivity index (χ2n) is 2.95.